The number of nitrogens with zero attached hydrogens (tertiary/aromatic N) is 5. The molecular weight excluding hydrogens is 422 g/mol. The zero-order chi connectivity index (χ0) is 23.5. The lowest BCUT2D eigenvalue weighted by molar-refractivity contribution is 0.0737. The van der Waals surface area contributed by atoms with E-state index in [2.05, 4.69) is 10.1 Å². The van der Waals surface area contributed by atoms with Gasteiger partial charge in [-0.15, -0.1) is 0 Å². The van der Waals surface area contributed by atoms with Crippen LogP contribution in [0.15, 0.2) is 49.1 Å². The normalized spacial score (nSPS) is 11.1. The second-order valence-corrected chi connectivity index (χ2v) is 7.67. The Morgan fingerprint density at radius 3 is 2.36 bits per heavy atom. The number of hydrogen-bond donors (Lipinski definition) is 0. The fourth-order valence-electron chi connectivity index (χ4n) is 3.74. The van der Waals surface area contributed by atoms with Crippen molar-refractivity contribution in [1.29, 1.82) is 0 Å². The molecule has 9 nitrogen and oxygen atoms in total. The topological polar surface area (TPSA) is 83.1 Å². The predicted molar refractivity (Wildman–Crippen MR) is 125 cm³/mol. The maximum absolute atomic E-state index is 13.1. The number of aryl methyl sites for hydroxylation is 1. The molecule has 4 aromatic rings. The lowest BCUT2D eigenvalue weighted by Gasteiger charge is -2.21. The summed E-state index contributed by atoms with van der Waals surface area (Å²) < 4.78 is 20.0. The number of benzene rings is 1. The zero-order valence-electron chi connectivity index (χ0n) is 19.4. The summed E-state index contributed by atoms with van der Waals surface area (Å²) in [5.74, 6) is 0.660. The van der Waals surface area contributed by atoms with Crippen molar-refractivity contribution in [2.24, 2.45) is 7.05 Å². The second kappa shape index (κ2) is 9.33. The molecule has 33 heavy (non-hydrogen) atoms. The molecule has 4 rings (SSSR count). The first kappa shape index (κ1) is 22.3. The van der Waals surface area contributed by atoms with Crippen LogP contribution in [0.5, 0.6) is 11.5 Å². The van der Waals surface area contributed by atoms with E-state index in [0.717, 1.165) is 28.0 Å². The first-order chi connectivity index (χ1) is 16.0. The van der Waals surface area contributed by atoms with E-state index in [1.54, 1.807) is 44.2 Å². The molecule has 1 amide bonds. The van der Waals surface area contributed by atoms with Gasteiger partial charge in [-0.05, 0) is 29.8 Å². The fourth-order valence-corrected chi connectivity index (χ4v) is 3.74. The van der Waals surface area contributed by atoms with E-state index in [-0.39, 0.29) is 5.91 Å². The molecule has 0 aliphatic heterocycles. The highest BCUT2D eigenvalue weighted by Crippen LogP contribution is 2.36. The SMILES string of the molecule is COCCN(C)C(=O)c1c(OC)cc(-c2cnc3cc(-c4cnn(C)c4)ccn23)cc1OC. The summed E-state index contributed by atoms with van der Waals surface area (Å²) >= 11 is 0. The van der Waals surface area contributed by atoms with Crippen molar-refractivity contribution in [3.8, 4) is 33.9 Å². The maximum atomic E-state index is 13.1. The Hall–Kier alpha value is -3.85. The van der Waals surface area contributed by atoms with Gasteiger partial charge in [0.05, 0.1) is 38.9 Å². The van der Waals surface area contributed by atoms with E-state index in [1.165, 1.54) is 0 Å². The number of imidazole rings is 1. The number of carbonyl (C=O) groups is 1. The first-order valence-corrected chi connectivity index (χ1v) is 10.4. The van der Waals surface area contributed by atoms with Crippen molar-refractivity contribution in [3.05, 3.63) is 54.6 Å². The van der Waals surface area contributed by atoms with Gasteiger partial charge in [-0.25, -0.2) is 4.98 Å². The highest BCUT2D eigenvalue weighted by molar-refractivity contribution is 6.00. The van der Waals surface area contributed by atoms with Crippen molar-refractivity contribution in [1.82, 2.24) is 24.1 Å². The predicted octanol–water partition coefficient (Wildman–Crippen LogP) is 3.14. The number of carbonyl (C=O) groups excluding carboxylic acids is 1. The Bertz CT molecular complexity index is 1270. The van der Waals surface area contributed by atoms with E-state index < -0.39 is 0 Å². The van der Waals surface area contributed by atoms with Crippen LogP contribution in [0.2, 0.25) is 0 Å². The van der Waals surface area contributed by atoms with Crippen LogP contribution >= 0.6 is 0 Å². The molecule has 3 aromatic heterocycles. The lowest BCUT2D eigenvalue weighted by Crippen LogP contribution is -2.30. The lowest BCUT2D eigenvalue weighted by atomic mass is 10.0. The van der Waals surface area contributed by atoms with Crippen LogP contribution in [0, 0.1) is 0 Å². The number of methoxy groups -OCH3 is 3. The second-order valence-electron chi connectivity index (χ2n) is 7.67. The van der Waals surface area contributed by atoms with Gasteiger partial charge in [0.2, 0.25) is 0 Å². The molecule has 0 unspecified atom stereocenters. The minimum Gasteiger partial charge on any atom is -0.496 e. The van der Waals surface area contributed by atoms with Crippen LogP contribution < -0.4 is 9.47 Å². The van der Waals surface area contributed by atoms with Gasteiger partial charge in [0, 0.05) is 51.3 Å². The average Bonchev–Trinajstić information content (AvgIpc) is 3.46. The molecule has 0 atom stereocenters. The third-order valence-corrected chi connectivity index (χ3v) is 5.54. The molecule has 0 aliphatic carbocycles. The minimum atomic E-state index is -0.202. The molecule has 0 aliphatic rings. The van der Waals surface area contributed by atoms with Crippen molar-refractivity contribution in [2.75, 3.05) is 41.5 Å². The maximum Gasteiger partial charge on any atom is 0.261 e. The summed E-state index contributed by atoms with van der Waals surface area (Å²) in [6, 6.07) is 7.70. The highest BCUT2D eigenvalue weighted by atomic mass is 16.5. The largest absolute Gasteiger partial charge is 0.496 e. The third kappa shape index (κ3) is 4.27. The summed E-state index contributed by atoms with van der Waals surface area (Å²) in [6.45, 7) is 0.893. The Morgan fingerprint density at radius 2 is 1.76 bits per heavy atom. The molecule has 0 radical (unpaired) electrons. The fraction of sp³-hybridized carbons (Fsp3) is 0.292. The zero-order valence-corrected chi connectivity index (χ0v) is 19.4. The van der Waals surface area contributed by atoms with Gasteiger partial charge in [0.15, 0.2) is 0 Å². The molecule has 3 heterocycles. The molecule has 172 valence electrons. The van der Waals surface area contributed by atoms with E-state index in [0.29, 0.717) is 30.2 Å². The number of likely N-dealkylation sites (N-methyl/N-ethyl adjacent to an activating group) is 1. The molecular formula is C24H27N5O4. The molecule has 0 saturated heterocycles. The van der Waals surface area contributed by atoms with Crippen LogP contribution in [0.1, 0.15) is 10.4 Å². The summed E-state index contributed by atoms with van der Waals surface area (Å²) in [7, 11) is 8.29. The molecule has 0 saturated carbocycles. The average molecular weight is 450 g/mol. The van der Waals surface area contributed by atoms with Crippen LogP contribution in [-0.2, 0) is 11.8 Å². The number of aromatic nitrogens is 4. The molecule has 0 bridgehead atoms. The smallest absolute Gasteiger partial charge is 0.261 e. The van der Waals surface area contributed by atoms with E-state index in [4.69, 9.17) is 14.2 Å². The molecule has 0 spiro atoms. The van der Waals surface area contributed by atoms with Crippen LogP contribution in [0.25, 0.3) is 28.0 Å². The Labute approximate surface area is 192 Å². The molecule has 0 N–H and O–H groups in total. The number of fused-ring (bicyclic) bond motifs is 1. The molecule has 0 fully saturated rings. The van der Waals surface area contributed by atoms with Crippen LogP contribution in [-0.4, -0.2) is 71.5 Å². The number of amides is 1. The van der Waals surface area contributed by atoms with Gasteiger partial charge >= 0.3 is 0 Å². The Balaban J connectivity index is 1.75. The minimum absolute atomic E-state index is 0.202. The summed E-state index contributed by atoms with van der Waals surface area (Å²) in [5.41, 5.74) is 4.89. The van der Waals surface area contributed by atoms with E-state index in [9.17, 15) is 4.79 Å². The van der Waals surface area contributed by atoms with Crippen molar-refractivity contribution >= 4 is 11.6 Å². The van der Waals surface area contributed by atoms with Crippen molar-refractivity contribution in [3.63, 3.8) is 0 Å². The van der Waals surface area contributed by atoms with Gasteiger partial charge < -0.3 is 19.1 Å². The van der Waals surface area contributed by atoms with Crippen molar-refractivity contribution in [2.45, 2.75) is 0 Å². The first-order valence-electron chi connectivity index (χ1n) is 10.4. The van der Waals surface area contributed by atoms with Gasteiger partial charge in [-0.2, -0.15) is 5.10 Å². The van der Waals surface area contributed by atoms with Gasteiger partial charge in [0.1, 0.15) is 22.7 Å². The number of rotatable bonds is 8. The van der Waals surface area contributed by atoms with Gasteiger partial charge in [-0.3, -0.25) is 13.9 Å². The monoisotopic (exact) mass is 449 g/mol. The third-order valence-electron chi connectivity index (χ3n) is 5.54. The number of pyridine rings is 1. The van der Waals surface area contributed by atoms with E-state index in [1.807, 2.05) is 54.3 Å². The van der Waals surface area contributed by atoms with Crippen molar-refractivity contribution < 1.29 is 19.0 Å². The standard InChI is InChI=1S/C24H27N5O4/c1-27(8-9-31-3)24(30)23-20(32-4)10-17(11-21(23)33-5)19-14-25-22-12-16(6-7-29(19)22)18-13-26-28(2)15-18/h6-7,10-15H,8-9H2,1-5H3. The summed E-state index contributed by atoms with van der Waals surface area (Å²) in [4.78, 5) is 19.2. The Morgan fingerprint density at radius 1 is 1.03 bits per heavy atom. The molecule has 9 heteroatoms. The number of hydrogen-bond acceptors (Lipinski definition) is 6. The number of ether oxygens (including phenoxy) is 3. The summed E-state index contributed by atoms with van der Waals surface area (Å²) in [6.07, 6.45) is 7.55. The quantitative estimate of drug-likeness (QED) is 0.411. The van der Waals surface area contributed by atoms with Gasteiger partial charge in [0.25, 0.3) is 5.91 Å². The molecule has 1 aromatic carbocycles. The van der Waals surface area contributed by atoms with Crippen LogP contribution in [0.3, 0.4) is 0 Å². The van der Waals surface area contributed by atoms with E-state index >= 15 is 0 Å². The Kier molecular flexibility index (Phi) is 6.32. The highest BCUT2D eigenvalue weighted by Gasteiger charge is 2.24. The van der Waals surface area contributed by atoms with Gasteiger partial charge in [-0.1, -0.05) is 0 Å². The summed E-state index contributed by atoms with van der Waals surface area (Å²) in [5, 5.41) is 4.24. The van der Waals surface area contributed by atoms with Crippen LogP contribution in [0.4, 0.5) is 0 Å².